The molecule has 2 aromatic rings. The van der Waals surface area contributed by atoms with E-state index < -0.39 is 10.0 Å². The van der Waals surface area contributed by atoms with Crippen molar-refractivity contribution < 1.29 is 22.7 Å². The minimum Gasteiger partial charge on any atom is -0.460 e. The van der Waals surface area contributed by atoms with Crippen LogP contribution >= 0.6 is 0 Å². The highest BCUT2D eigenvalue weighted by atomic mass is 32.2. The van der Waals surface area contributed by atoms with Crippen LogP contribution in [0, 0.1) is 0 Å². The van der Waals surface area contributed by atoms with Gasteiger partial charge in [-0.1, -0.05) is 49.4 Å². The Labute approximate surface area is 166 Å². The fraction of sp³-hybridized carbons (Fsp3) is 0.381. The molecule has 0 aliphatic carbocycles. The molecule has 1 fully saturated rings. The van der Waals surface area contributed by atoms with Crippen molar-refractivity contribution in [1.29, 1.82) is 0 Å². The first kappa shape index (κ1) is 20.5. The molecular formula is C21H25NO5S. The van der Waals surface area contributed by atoms with Gasteiger partial charge < -0.3 is 9.47 Å². The summed E-state index contributed by atoms with van der Waals surface area (Å²) < 4.78 is 37.7. The fourth-order valence-electron chi connectivity index (χ4n) is 3.21. The molecule has 0 radical (unpaired) electrons. The number of nitrogens with zero attached hydrogens (tertiary/aromatic N) is 1. The van der Waals surface area contributed by atoms with Crippen molar-refractivity contribution in [3.8, 4) is 0 Å². The van der Waals surface area contributed by atoms with Gasteiger partial charge in [-0.2, -0.15) is 4.31 Å². The van der Waals surface area contributed by atoms with Crippen molar-refractivity contribution in [2.45, 2.75) is 30.8 Å². The molecule has 1 aliphatic rings. The van der Waals surface area contributed by atoms with Crippen LogP contribution in [0.5, 0.6) is 0 Å². The highest BCUT2D eigenvalue weighted by Crippen LogP contribution is 2.22. The summed E-state index contributed by atoms with van der Waals surface area (Å²) in [5, 5.41) is 0. The van der Waals surface area contributed by atoms with Gasteiger partial charge in [0.2, 0.25) is 10.0 Å². The highest BCUT2D eigenvalue weighted by molar-refractivity contribution is 7.89. The van der Waals surface area contributed by atoms with E-state index in [1.807, 2.05) is 37.3 Å². The average Bonchev–Trinajstić information content (AvgIpc) is 2.74. The van der Waals surface area contributed by atoms with Crippen LogP contribution in [-0.4, -0.2) is 45.0 Å². The van der Waals surface area contributed by atoms with E-state index in [4.69, 9.17) is 9.47 Å². The van der Waals surface area contributed by atoms with E-state index in [1.54, 1.807) is 24.3 Å². The van der Waals surface area contributed by atoms with Crippen LogP contribution in [0.1, 0.15) is 30.4 Å². The summed E-state index contributed by atoms with van der Waals surface area (Å²) in [6.07, 6.45) is 0.633. The highest BCUT2D eigenvalue weighted by Gasteiger charge is 2.26. The topological polar surface area (TPSA) is 72.9 Å². The number of carbonyl (C=O) groups is 1. The summed E-state index contributed by atoms with van der Waals surface area (Å²) in [4.78, 5) is 12.7. The van der Waals surface area contributed by atoms with Gasteiger partial charge in [-0.05, 0) is 29.7 Å². The first-order valence-electron chi connectivity index (χ1n) is 9.41. The van der Waals surface area contributed by atoms with Crippen LogP contribution in [0.4, 0.5) is 0 Å². The fourth-order valence-corrected chi connectivity index (χ4v) is 4.69. The van der Waals surface area contributed by atoms with E-state index >= 15 is 0 Å². The van der Waals surface area contributed by atoms with E-state index in [1.165, 1.54) is 4.31 Å². The molecule has 150 valence electrons. The number of rotatable bonds is 7. The lowest BCUT2D eigenvalue weighted by Gasteiger charge is -2.26. The first-order valence-corrected chi connectivity index (χ1v) is 10.8. The molecule has 2 aromatic carbocycles. The van der Waals surface area contributed by atoms with Gasteiger partial charge >= 0.3 is 5.97 Å². The lowest BCUT2D eigenvalue weighted by Crippen LogP contribution is -2.40. The SMILES string of the molecule is CC[C@H](C(=O)OCc1cccc(S(=O)(=O)N2CCOCC2)c1)c1ccccc1. The van der Waals surface area contributed by atoms with Crippen LogP contribution in [-0.2, 0) is 30.9 Å². The quantitative estimate of drug-likeness (QED) is 0.665. The Bertz CT molecular complexity index is 892. The zero-order valence-electron chi connectivity index (χ0n) is 15.9. The van der Waals surface area contributed by atoms with Crippen molar-refractivity contribution in [3.05, 3.63) is 65.7 Å². The molecular weight excluding hydrogens is 378 g/mol. The number of carbonyl (C=O) groups excluding carboxylic acids is 1. The van der Waals surface area contributed by atoms with E-state index in [0.29, 0.717) is 38.3 Å². The minimum atomic E-state index is -3.57. The van der Waals surface area contributed by atoms with Crippen LogP contribution in [0.2, 0.25) is 0 Å². The second-order valence-corrected chi connectivity index (χ2v) is 8.58. The molecule has 0 N–H and O–H groups in total. The van der Waals surface area contributed by atoms with Gasteiger partial charge in [0.1, 0.15) is 6.61 Å². The molecule has 0 amide bonds. The molecule has 0 spiro atoms. The zero-order valence-corrected chi connectivity index (χ0v) is 16.7. The summed E-state index contributed by atoms with van der Waals surface area (Å²) in [5.41, 5.74) is 1.56. The van der Waals surface area contributed by atoms with Crippen molar-refractivity contribution in [2.75, 3.05) is 26.3 Å². The molecule has 1 atom stereocenters. The van der Waals surface area contributed by atoms with E-state index in [9.17, 15) is 13.2 Å². The van der Waals surface area contributed by atoms with Gasteiger partial charge in [-0.25, -0.2) is 8.42 Å². The third-order valence-corrected chi connectivity index (χ3v) is 6.68. The van der Waals surface area contributed by atoms with Gasteiger partial charge in [-0.3, -0.25) is 4.79 Å². The predicted molar refractivity (Wildman–Crippen MR) is 105 cm³/mol. The maximum absolute atomic E-state index is 12.8. The molecule has 7 heteroatoms. The smallest absolute Gasteiger partial charge is 0.313 e. The second-order valence-electron chi connectivity index (χ2n) is 6.64. The molecule has 0 aromatic heterocycles. The molecule has 0 bridgehead atoms. The van der Waals surface area contributed by atoms with Crippen LogP contribution in [0.15, 0.2) is 59.5 Å². The second kappa shape index (κ2) is 9.32. The molecule has 1 saturated heterocycles. The Morgan fingerprint density at radius 1 is 1.11 bits per heavy atom. The number of esters is 1. The van der Waals surface area contributed by atoms with E-state index in [-0.39, 0.29) is 23.4 Å². The predicted octanol–water partition coefficient (Wildman–Crippen LogP) is 2.94. The van der Waals surface area contributed by atoms with Crippen molar-refractivity contribution >= 4 is 16.0 Å². The average molecular weight is 404 g/mol. The maximum Gasteiger partial charge on any atom is 0.313 e. The molecule has 1 aliphatic heterocycles. The summed E-state index contributed by atoms with van der Waals surface area (Å²) in [6, 6.07) is 16.1. The monoisotopic (exact) mass is 403 g/mol. The molecule has 28 heavy (non-hydrogen) atoms. The standard InChI is InChI=1S/C21H25NO5S/c1-2-20(18-8-4-3-5-9-18)21(23)27-16-17-7-6-10-19(15-17)28(24,25)22-11-13-26-14-12-22/h3-10,15,20H,2,11-14,16H2,1H3/t20-/m0/s1. The Hall–Kier alpha value is -2.22. The lowest BCUT2D eigenvalue weighted by atomic mass is 9.97. The molecule has 0 saturated carbocycles. The zero-order chi connectivity index (χ0) is 20.0. The van der Waals surface area contributed by atoms with Crippen LogP contribution in [0.3, 0.4) is 0 Å². The Morgan fingerprint density at radius 2 is 1.82 bits per heavy atom. The molecule has 0 unspecified atom stereocenters. The number of hydrogen-bond acceptors (Lipinski definition) is 5. The van der Waals surface area contributed by atoms with Gasteiger partial charge in [0, 0.05) is 13.1 Å². The van der Waals surface area contributed by atoms with Crippen molar-refractivity contribution in [3.63, 3.8) is 0 Å². The Balaban J connectivity index is 1.68. The summed E-state index contributed by atoms with van der Waals surface area (Å²) in [6.45, 7) is 3.46. The molecule has 3 rings (SSSR count). The maximum atomic E-state index is 12.8. The summed E-state index contributed by atoms with van der Waals surface area (Å²) >= 11 is 0. The third kappa shape index (κ3) is 4.79. The van der Waals surface area contributed by atoms with Gasteiger partial charge in [0.25, 0.3) is 0 Å². The van der Waals surface area contributed by atoms with E-state index in [0.717, 1.165) is 5.56 Å². The number of sulfonamides is 1. The number of hydrogen-bond donors (Lipinski definition) is 0. The van der Waals surface area contributed by atoms with Gasteiger partial charge in [0.15, 0.2) is 0 Å². The van der Waals surface area contributed by atoms with Gasteiger partial charge in [-0.15, -0.1) is 0 Å². The number of morpholine rings is 1. The Kier molecular flexibility index (Phi) is 6.83. The summed E-state index contributed by atoms with van der Waals surface area (Å²) in [5.74, 6) is -0.642. The van der Waals surface area contributed by atoms with Gasteiger partial charge in [0.05, 0.1) is 24.0 Å². The number of benzene rings is 2. The van der Waals surface area contributed by atoms with Crippen LogP contribution in [0.25, 0.3) is 0 Å². The third-order valence-electron chi connectivity index (χ3n) is 4.78. The molecule has 1 heterocycles. The van der Waals surface area contributed by atoms with Crippen molar-refractivity contribution in [1.82, 2.24) is 4.31 Å². The van der Waals surface area contributed by atoms with Crippen molar-refractivity contribution in [2.24, 2.45) is 0 Å². The lowest BCUT2D eigenvalue weighted by molar-refractivity contribution is -0.146. The van der Waals surface area contributed by atoms with Crippen LogP contribution < -0.4 is 0 Å². The normalized spacial score (nSPS) is 16.5. The molecule has 6 nitrogen and oxygen atoms in total. The summed E-state index contributed by atoms with van der Waals surface area (Å²) in [7, 11) is -3.57. The number of ether oxygens (including phenoxy) is 2. The Morgan fingerprint density at radius 3 is 2.50 bits per heavy atom. The minimum absolute atomic E-state index is 0.0363. The first-order chi connectivity index (χ1) is 13.5. The van der Waals surface area contributed by atoms with E-state index in [2.05, 4.69) is 0 Å². The largest absolute Gasteiger partial charge is 0.460 e.